The molecule has 0 spiro atoms. The summed E-state index contributed by atoms with van der Waals surface area (Å²) in [7, 11) is 0. The Bertz CT molecular complexity index is 345. The van der Waals surface area contributed by atoms with Gasteiger partial charge in [0.25, 0.3) is 0 Å². The minimum Gasteiger partial charge on any atom is -0.333 e. The lowest BCUT2D eigenvalue weighted by molar-refractivity contribution is 0.319. The molecule has 2 rings (SSSR count). The smallest absolute Gasteiger partial charge is 0.0948 e. The molecule has 0 aliphatic carbocycles. The number of nitrogens with zero attached hydrogens (tertiary/aromatic N) is 3. The molecule has 0 aromatic carbocycles. The zero-order valence-electron chi connectivity index (χ0n) is 11.0. The molecule has 0 atom stereocenters. The Morgan fingerprint density at radius 1 is 1.29 bits per heavy atom. The fraction of sp³-hybridized carbons (Fsp3) is 0.769. The largest absolute Gasteiger partial charge is 0.333 e. The fourth-order valence-corrected chi connectivity index (χ4v) is 2.42. The number of hydrogen-bond acceptors (Lipinski definition) is 3. The Kier molecular flexibility index (Phi) is 3.84. The van der Waals surface area contributed by atoms with Crippen LogP contribution in [0.1, 0.15) is 32.4 Å². The van der Waals surface area contributed by atoms with Crippen LogP contribution in [0, 0.1) is 0 Å². The van der Waals surface area contributed by atoms with E-state index in [0.29, 0.717) is 0 Å². The van der Waals surface area contributed by atoms with E-state index in [4.69, 9.17) is 5.73 Å². The maximum atomic E-state index is 6.06. The molecule has 1 aliphatic heterocycles. The molecule has 0 unspecified atom stereocenters. The number of rotatable bonds is 5. The summed E-state index contributed by atoms with van der Waals surface area (Å²) in [4.78, 5) is 6.77. The molecule has 0 saturated carbocycles. The fourth-order valence-electron chi connectivity index (χ4n) is 2.42. The topological polar surface area (TPSA) is 47.1 Å². The van der Waals surface area contributed by atoms with Crippen LogP contribution in [0.4, 0.5) is 0 Å². The molecule has 17 heavy (non-hydrogen) atoms. The summed E-state index contributed by atoms with van der Waals surface area (Å²) in [6, 6.07) is 0. The first kappa shape index (κ1) is 12.6. The molecule has 0 bridgehead atoms. The lowest BCUT2D eigenvalue weighted by atomic mass is 10.0. The maximum Gasteiger partial charge on any atom is 0.0948 e. The Morgan fingerprint density at radius 2 is 2.00 bits per heavy atom. The molecule has 2 N–H and O–H groups in total. The predicted molar refractivity (Wildman–Crippen MR) is 69.9 cm³/mol. The van der Waals surface area contributed by atoms with Crippen molar-refractivity contribution in [3.05, 3.63) is 18.2 Å². The third-order valence-electron chi connectivity index (χ3n) is 3.29. The maximum absolute atomic E-state index is 6.06. The van der Waals surface area contributed by atoms with Crippen LogP contribution in [0.3, 0.4) is 0 Å². The van der Waals surface area contributed by atoms with Crippen LogP contribution in [0.15, 0.2) is 12.5 Å². The number of likely N-dealkylation sites (tertiary alicyclic amines) is 1. The molecule has 1 aliphatic rings. The number of aromatic nitrogens is 2. The normalized spacial score (nSPS) is 17.8. The number of hydrogen-bond donors (Lipinski definition) is 1. The summed E-state index contributed by atoms with van der Waals surface area (Å²) < 4.78 is 2.24. The van der Waals surface area contributed by atoms with E-state index in [1.54, 1.807) is 0 Å². The quantitative estimate of drug-likeness (QED) is 0.837. The van der Waals surface area contributed by atoms with Gasteiger partial charge in [-0.1, -0.05) is 0 Å². The van der Waals surface area contributed by atoms with E-state index in [2.05, 4.69) is 28.3 Å². The standard InChI is InChI=1S/C13H24N4/c1-13(2,14)9-12-10-15-11-17(12)8-7-16-5-3-4-6-16/h10-11H,3-9,14H2,1-2H3. The van der Waals surface area contributed by atoms with E-state index in [0.717, 1.165) is 19.5 Å². The number of imidazole rings is 1. The van der Waals surface area contributed by atoms with Crippen molar-refractivity contribution in [1.82, 2.24) is 14.5 Å². The third kappa shape index (κ3) is 3.82. The van der Waals surface area contributed by atoms with Gasteiger partial charge < -0.3 is 15.2 Å². The van der Waals surface area contributed by atoms with Gasteiger partial charge in [-0.25, -0.2) is 4.98 Å². The van der Waals surface area contributed by atoms with Gasteiger partial charge >= 0.3 is 0 Å². The van der Waals surface area contributed by atoms with E-state index >= 15 is 0 Å². The molecule has 0 amide bonds. The van der Waals surface area contributed by atoms with E-state index in [1.165, 1.54) is 31.6 Å². The van der Waals surface area contributed by atoms with Crippen molar-refractivity contribution in [3.63, 3.8) is 0 Å². The van der Waals surface area contributed by atoms with Gasteiger partial charge in [-0.3, -0.25) is 0 Å². The molecule has 1 aromatic rings. The molecular weight excluding hydrogens is 212 g/mol. The predicted octanol–water partition coefficient (Wildman–Crippen LogP) is 1.26. The molecular formula is C13H24N4. The molecule has 1 aromatic heterocycles. The first-order valence-corrected chi connectivity index (χ1v) is 6.55. The van der Waals surface area contributed by atoms with Crippen molar-refractivity contribution in [2.75, 3.05) is 19.6 Å². The molecule has 2 heterocycles. The van der Waals surface area contributed by atoms with Crippen LogP contribution in [0.5, 0.6) is 0 Å². The zero-order chi connectivity index (χ0) is 12.3. The monoisotopic (exact) mass is 236 g/mol. The average Bonchev–Trinajstić information content (AvgIpc) is 2.83. The second kappa shape index (κ2) is 5.19. The molecule has 0 radical (unpaired) electrons. The van der Waals surface area contributed by atoms with Crippen LogP contribution < -0.4 is 5.73 Å². The van der Waals surface area contributed by atoms with E-state index in [9.17, 15) is 0 Å². The third-order valence-corrected chi connectivity index (χ3v) is 3.29. The molecule has 4 nitrogen and oxygen atoms in total. The van der Waals surface area contributed by atoms with Crippen LogP contribution in [0.25, 0.3) is 0 Å². The minimum absolute atomic E-state index is 0.161. The van der Waals surface area contributed by atoms with E-state index in [1.807, 2.05) is 12.5 Å². The summed E-state index contributed by atoms with van der Waals surface area (Å²) in [6.07, 6.45) is 7.46. The van der Waals surface area contributed by atoms with Gasteiger partial charge in [-0.2, -0.15) is 0 Å². The SMILES string of the molecule is CC(C)(N)Cc1cncn1CCN1CCCC1. The number of nitrogens with two attached hydrogens (primary N) is 1. The highest BCUT2D eigenvalue weighted by atomic mass is 15.2. The molecule has 1 fully saturated rings. The molecule has 1 saturated heterocycles. The summed E-state index contributed by atoms with van der Waals surface area (Å²) >= 11 is 0. The van der Waals surface area contributed by atoms with Crippen LogP contribution in [-0.2, 0) is 13.0 Å². The summed E-state index contributed by atoms with van der Waals surface area (Å²) in [5.41, 5.74) is 7.15. The Balaban J connectivity index is 1.89. The zero-order valence-corrected chi connectivity index (χ0v) is 11.0. The Hall–Kier alpha value is -0.870. The van der Waals surface area contributed by atoms with Gasteiger partial charge in [0.1, 0.15) is 0 Å². The van der Waals surface area contributed by atoms with Gasteiger partial charge in [-0.15, -0.1) is 0 Å². The summed E-state index contributed by atoms with van der Waals surface area (Å²) in [6.45, 7) is 8.80. The average molecular weight is 236 g/mol. The van der Waals surface area contributed by atoms with Gasteiger partial charge in [0.15, 0.2) is 0 Å². The second-order valence-corrected chi connectivity index (χ2v) is 5.79. The van der Waals surface area contributed by atoms with Crippen molar-refractivity contribution < 1.29 is 0 Å². The summed E-state index contributed by atoms with van der Waals surface area (Å²) in [5.74, 6) is 0. The second-order valence-electron chi connectivity index (χ2n) is 5.79. The van der Waals surface area contributed by atoms with Crippen molar-refractivity contribution >= 4 is 0 Å². The van der Waals surface area contributed by atoms with Crippen molar-refractivity contribution in [1.29, 1.82) is 0 Å². The van der Waals surface area contributed by atoms with E-state index in [-0.39, 0.29) is 5.54 Å². The van der Waals surface area contributed by atoms with Crippen LogP contribution >= 0.6 is 0 Å². The van der Waals surface area contributed by atoms with Gasteiger partial charge in [-0.05, 0) is 39.8 Å². The minimum atomic E-state index is -0.161. The highest BCUT2D eigenvalue weighted by Gasteiger charge is 2.16. The molecule has 4 heteroatoms. The Labute approximate surface area is 104 Å². The van der Waals surface area contributed by atoms with Crippen LogP contribution in [-0.4, -0.2) is 39.6 Å². The highest BCUT2D eigenvalue weighted by molar-refractivity contribution is 5.03. The summed E-state index contributed by atoms with van der Waals surface area (Å²) in [5, 5.41) is 0. The lowest BCUT2D eigenvalue weighted by Crippen LogP contribution is -2.35. The van der Waals surface area contributed by atoms with Crippen molar-refractivity contribution in [2.24, 2.45) is 5.73 Å². The first-order valence-electron chi connectivity index (χ1n) is 6.55. The van der Waals surface area contributed by atoms with E-state index < -0.39 is 0 Å². The highest BCUT2D eigenvalue weighted by Crippen LogP contribution is 2.11. The van der Waals surface area contributed by atoms with Crippen LogP contribution in [0.2, 0.25) is 0 Å². The van der Waals surface area contributed by atoms with Crippen molar-refractivity contribution in [2.45, 2.75) is 45.2 Å². The first-order chi connectivity index (χ1) is 8.04. The molecule has 96 valence electrons. The Morgan fingerprint density at radius 3 is 2.65 bits per heavy atom. The van der Waals surface area contributed by atoms with Gasteiger partial charge in [0.05, 0.1) is 6.33 Å². The van der Waals surface area contributed by atoms with Gasteiger partial charge in [0, 0.05) is 36.9 Å². The van der Waals surface area contributed by atoms with Gasteiger partial charge in [0.2, 0.25) is 0 Å². The van der Waals surface area contributed by atoms with Crippen molar-refractivity contribution in [3.8, 4) is 0 Å². The lowest BCUT2D eigenvalue weighted by Gasteiger charge is -2.20.